The number of carbonyl (C=O) groups excluding carboxylic acids is 3. The second-order valence-electron chi connectivity index (χ2n) is 8.05. The van der Waals surface area contributed by atoms with Crippen molar-refractivity contribution in [3.63, 3.8) is 0 Å². The molecule has 0 aromatic heterocycles. The molecule has 7 heteroatoms. The number of hydrogen-bond acceptors (Lipinski definition) is 3. The number of nitrogens with zero attached hydrogens (tertiary/aromatic N) is 3. The second-order valence-corrected chi connectivity index (χ2v) is 8.96. The van der Waals surface area contributed by atoms with Gasteiger partial charge in [0.25, 0.3) is 5.91 Å². The molecular formula is C23H24BrN3O3. The average Bonchev–Trinajstić information content (AvgIpc) is 3.04. The van der Waals surface area contributed by atoms with E-state index in [-0.39, 0.29) is 30.7 Å². The highest BCUT2D eigenvalue weighted by Crippen LogP contribution is 2.43. The van der Waals surface area contributed by atoms with Gasteiger partial charge in [-0.15, -0.1) is 0 Å². The third kappa shape index (κ3) is 3.51. The fourth-order valence-corrected chi connectivity index (χ4v) is 4.66. The van der Waals surface area contributed by atoms with Crippen LogP contribution in [0.4, 0.5) is 5.69 Å². The van der Waals surface area contributed by atoms with Gasteiger partial charge in [-0.25, -0.2) is 0 Å². The quantitative estimate of drug-likeness (QED) is 0.668. The number of amides is 3. The van der Waals surface area contributed by atoms with E-state index in [9.17, 15) is 14.4 Å². The van der Waals surface area contributed by atoms with Crippen molar-refractivity contribution >= 4 is 39.3 Å². The first kappa shape index (κ1) is 20.6. The Kier molecular flexibility index (Phi) is 5.40. The molecule has 6 nitrogen and oxygen atoms in total. The summed E-state index contributed by atoms with van der Waals surface area (Å²) in [4.78, 5) is 43.7. The van der Waals surface area contributed by atoms with Crippen LogP contribution in [0.5, 0.6) is 0 Å². The molecule has 0 spiro atoms. The smallest absolute Gasteiger partial charge is 0.257 e. The third-order valence-corrected chi connectivity index (χ3v) is 6.58. The Bertz CT molecular complexity index is 1010. The summed E-state index contributed by atoms with van der Waals surface area (Å²) in [7, 11) is 1.77. The second kappa shape index (κ2) is 7.87. The van der Waals surface area contributed by atoms with Gasteiger partial charge in [0.15, 0.2) is 0 Å². The normalized spacial score (nSPS) is 20.2. The summed E-state index contributed by atoms with van der Waals surface area (Å²) in [6.45, 7) is 2.70. The Morgan fingerprint density at radius 3 is 2.57 bits per heavy atom. The Balaban J connectivity index is 1.50. The lowest BCUT2D eigenvalue weighted by atomic mass is 9.98. The molecule has 156 valence electrons. The van der Waals surface area contributed by atoms with Gasteiger partial charge in [0.05, 0.1) is 11.3 Å². The molecule has 0 N–H and O–H groups in total. The first-order chi connectivity index (χ1) is 14.3. The van der Waals surface area contributed by atoms with Gasteiger partial charge in [0, 0.05) is 37.5 Å². The Morgan fingerprint density at radius 1 is 1.13 bits per heavy atom. The zero-order chi connectivity index (χ0) is 21.5. The Labute approximate surface area is 184 Å². The molecule has 0 aliphatic carbocycles. The minimum Gasteiger partial charge on any atom is -0.341 e. The lowest BCUT2D eigenvalue weighted by Gasteiger charge is -2.48. The number of hydrogen-bond donors (Lipinski definition) is 0. The van der Waals surface area contributed by atoms with Crippen LogP contribution in [0.1, 0.15) is 42.1 Å². The number of halogens is 1. The maximum atomic E-state index is 13.2. The summed E-state index contributed by atoms with van der Waals surface area (Å²) in [5.74, 6) is -0.146. The van der Waals surface area contributed by atoms with Gasteiger partial charge in [-0.2, -0.15) is 0 Å². The number of rotatable bonds is 5. The van der Waals surface area contributed by atoms with Crippen LogP contribution in [0.2, 0.25) is 0 Å². The van der Waals surface area contributed by atoms with Crippen LogP contribution in [0.15, 0.2) is 53.0 Å². The molecule has 0 saturated carbocycles. The monoisotopic (exact) mass is 469 g/mol. The highest BCUT2D eigenvalue weighted by atomic mass is 79.9. The summed E-state index contributed by atoms with van der Waals surface area (Å²) in [6.07, 6.45) is 1.17. The van der Waals surface area contributed by atoms with Crippen LogP contribution in [-0.4, -0.2) is 46.8 Å². The summed E-state index contributed by atoms with van der Waals surface area (Å²) in [6, 6.07) is 15.1. The predicted molar refractivity (Wildman–Crippen MR) is 118 cm³/mol. The third-order valence-electron chi connectivity index (χ3n) is 6.05. The van der Waals surface area contributed by atoms with Crippen LogP contribution >= 0.6 is 15.9 Å². The van der Waals surface area contributed by atoms with E-state index < -0.39 is 5.66 Å². The predicted octanol–water partition coefficient (Wildman–Crippen LogP) is 3.80. The SMILES string of the molecule is CN(Cc1ccc(Br)cc1)C(=O)CCN1C(=O)c2ccccc2N2C(=O)CCC12C. The maximum absolute atomic E-state index is 13.2. The highest BCUT2D eigenvalue weighted by molar-refractivity contribution is 9.10. The van der Waals surface area contributed by atoms with Crippen molar-refractivity contribution in [2.75, 3.05) is 18.5 Å². The summed E-state index contributed by atoms with van der Waals surface area (Å²) >= 11 is 3.41. The zero-order valence-electron chi connectivity index (χ0n) is 17.1. The van der Waals surface area contributed by atoms with Gasteiger partial charge < -0.3 is 9.80 Å². The van der Waals surface area contributed by atoms with E-state index >= 15 is 0 Å². The van der Waals surface area contributed by atoms with E-state index in [4.69, 9.17) is 0 Å². The van der Waals surface area contributed by atoms with Crippen molar-refractivity contribution in [2.45, 2.75) is 38.4 Å². The Hall–Kier alpha value is -2.67. The molecule has 2 aromatic carbocycles. The molecule has 4 rings (SSSR count). The molecule has 1 saturated heterocycles. The van der Waals surface area contributed by atoms with Gasteiger partial charge in [0.2, 0.25) is 11.8 Å². The van der Waals surface area contributed by atoms with Gasteiger partial charge in [-0.05, 0) is 43.2 Å². The number of benzene rings is 2. The fourth-order valence-electron chi connectivity index (χ4n) is 4.39. The van der Waals surface area contributed by atoms with E-state index in [0.717, 1.165) is 10.0 Å². The molecular weight excluding hydrogens is 446 g/mol. The van der Waals surface area contributed by atoms with Crippen molar-refractivity contribution in [1.82, 2.24) is 9.80 Å². The van der Waals surface area contributed by atoms with Crippen LogP contribution in [0.3, 0.4) is 0 Å². The molecule has 2 aromatic rings. The molecule has 30 heavy (non-hydrogen) atoms. The van der Waals surface area contributed by atoms with E-state index in [2.05, 4.69) is 15.9 Å². The van der Waals surface area contributed by atoms with Gasteiger partial charge in [-0.1, -0.05) is 40.2 Å². The van der Waals surface area contributed by atoms with E-state index in [1.807, 2.05) is 43.3 Å². The number of fused-ring (bicyclic) bond motifs is 3. The lowest BCUT2D eigenvalue weighted by molar-refractivity contribution is -0.130. The summed E-state index contributed by atoms with van der Waals surface area (Å²) in [5, 5.41) is 0. The minimum atomic E-state index is -0.729. The minimum absolute atomic E-state index is 0.0149. The van der Waals surface area contributed by atoms with Crippen LogP contribution in [0, 0.1) is 0 Å². The molecule has 0 bridgehead atoms. The standard InChI is InChI=1S/C23H24BrN3O3/c1-23-13-11-21(29)27(23)19-6-4-3-5-18(19)22(30)26(23)14-12-20(28)25(2)15-16-7-9-17(24)10-8-16/h3-10H,11-15H2,1-2H3. The van der Waals surface area contributed by atoms with E-state index in [1.54, 1.807) is 33.9 Å². The molecule has 2 heterocycles. The largest absolute Gasteiger partial charge is 0.341 e. The molecule has 1 unspecified atom stereocenters. The molecule has 1 fully saturated rings. The molecule has 1 atom stereocenters. The van der Waals surface area contributed by atoms with Crippen molar-refractivity contribution in [3.8, 4) is 0 Å². The number of para-hydroxylation sites is 1. The molecule has 2 aliphatic heterocycles. The number of anilines is 1. The lowest BCUT2D eigenvalue weighted by Crippen LogP contribution is -2.62. The van der Waals surface area contributed by atoms with Crippen LogP contribution in [-0.2, 0) is 16.1 Å². The summed E-state index contributed by atoms with van der Waals surface area (Å²) < 4.78 is 0.994. The molecule has 3 amide bonds. The van der Waals surface area contributed by atoms with E-state index in [0.29, 0.717) is 30.6 Å². The van der Waals surface area contributed by atoms with Crippen LogP contribution in [0.25, 0.3) is 0 Å². The van der Waals surface area contributed by atoms with Crippen molar-refractivity contribution in [2.24, 2.45) is 0 Å². The first-order valence-corrected chi connectivity index (χ1v) is 10.8. The molecule has 2 aliphatic rings. The van der Waals surface area contributed by atoms with Crippen molar-refractivity contribution in [3.05, 3.63) is 64.1 Å². The van der Waals surface area contributed by atoms with Crippen LogP contribution < -0.4 is 4.90 Å². The molecule has 0 radical (unpaired) electrons. The van der Waals surface area contributed by atoms with Gasteiger partial charge in [-0.3, -0.25) is 19.3 Å². The highest BCUT2D eigenvalue weighted by Gasteiger charge is 2.52. The average molecular weight is 470 g/mol. The fraction of sp³-hybridized carbons (Fsp3) is 0.348. The van der Waals surface area contributed by atoms with Gasteiger partial charge in [0.1, 0.15) is 5.66 Å². The number of carbonyl (C=O) groups is 3. The van der Waals surface area contributed by atoms with Crippen molar-refractivity contribution < 1.29 is 14.4 Å². The van der Waals surface area contributed by atoms with Crippen molar-refractivity contribution in [1.29, 1.82) is 0 Å². The first-order valence-electron chi connectivity index (χ1n) is 10.0. The topological polar surface area (TPSA) is 60.9 Å². The summed E-state index contributed by atoms with van der Waals surface area (Å²) in [5.41, 5.74) is 1.49. The zero-order valence-corrected chi connectivity index (χ0v) is 18.7. The maximum Gasteiger partial charge on any atom is 0.257 e. The Morgan fingerprint density at radius 2 is 1.83 bits per heavy atom. The van der Waals surface area contributed by atoms with Gasteiger partial charge >= 0.3 is 0 Å². The van der Waals surface area contributed by atoms with E-state index in [1.165, 1.54) is 0 Å².